The lowest BCUT2D eigenvalue weighted by Crippen LogP contribution is -2.34. The summed E-state index contributed by atoms with van der Waals surface area (Å²) in [7, 11) is 1.61. The lowest BCUT2D eigenvalue weighted by molar-refractivity contribution is -0.151. The highest BCUT2D eigenvalue weighted by molar-refractivity contribution is 6.10. The molecule has 5 nitrogen and oxygen atoms in total. The molecule has 0 bridgehead atoms. The van der Waals surface area contributed by atoms with Gasteiger partial charge in [0.15, 0.2) is 5.78 Å². The highest BCUT2D eigenvalue weighted by atomic mass is 16.5. The molecule has 0 fully saturated rings. The molecule has 0 heterocycles. The number of carbonyl (C=O) groups excluding carboxylic acids is 2. The molecule has 0 spiro atoms. The first-order valence-corrected chi connectivity index (χ1v) is 9.86. The first-order valence-electron chi connectivity index (χ1n) is 9.86. The molecular weight excluding hydrogens is 368 g/mol. The number of ketones is 1. The van der Waals surface area contributed by atoms with E-state index in [-0.39, 0.29) is 18.3 Å². The van der Waals surface area contributed by atoms with E-state index in [4.69, 9.17) is 14.2 Å². The smallest absolute Gasteiger partial charge is 0.317 e. The third-order valence-corrected chi connectivity index (χ3v) is 5.06. The maximum Gasteiger partial charge on any atom is 0.317 e. The van der Waals surface area contributed by atoms with Crippen LogP contribution in [0.1, 0.15) is 37.3 Å². The van der Waals surface area contributed by atoms with Crippen LogP contribution in [-0.4, -0.2) is 32.1 Å². The van der Waals surface area contributed by atoms with Gasteiger partial charge in [-0.3, -0.25) is 9.59 Å². The van der Waals surface area contributed by atoms with E-state index in [1.54, 1.807) is 20.1 Å². The van der Waals surface area contributed by atoms with E-state index in [1.165, 1.54) is 0 Å². The van der Waals surface area contributed by atoms with Crippen LogP contribution < -0.4 is 9.47 Å². The van der Waals surface area contributed by atoms with Crippen molar-refractivity contribution < 1.29 is 23.8 Å². The van der Waals surface area contributed by atoms with Crippen molar-refractivity contribution in [1.29, 1.82) is 0 Å². The minimum Gasteiger partial charge on any atom is -0.497 e. The number of para-hydroxylation sites is 1. The summed E-state index contributed by atoms with van der Waals surface area (Å²) in [4.78, 5) is 25.7. The Morgan fingerprint density at radius 3 is 2.59 bits per heavy atom. The molecule has 0 saturated heterocycles. The molecule has 2 aromatic rings. The van der Waals surface area contributed by atoms with Gasteiger partial charge in [-0.2, -0.15) is 0 Å². The van der Waals surface area contributed by atoms with Gasteiger partial charge in [0.2, 0.25) is 0 Å². The molecule has 0 aromatic heterocycles. The zero-order valence-corrected chi connectivity index (χ0v) is 17.0. The van der Waals surface area contributed by atoms with Gasteiger partial charge < -0.3 is 14.2 Å². The molecule has 1 aliphatic carbocycles. The fraction of sp³-hybridized carbons (Fsp3) is 0.333. The second-order valence-electron chi connectivity index (χ2n) is 6.82. The summed E-state index contributed by atoms with van der Waals surface area (Å²) in [6.07, 6.45) is 2.09. The minimum absolute atomic E-state index is 0.231. The van der Waals surface area contributed by atoms with E-state index >= 15 is 0 Å². The SMILES string of the molecule is CCOC(=O)[C@@H]1C(=O)C=C(c2cccc(OC)c2)C[C@H]1c1ccccc1OCC. The number of benzene rings is 2. The van der Waals surface area contributed by atoms with Crippen LogP contribution >= 0.6 is 0 Å². The van der Waals surface area contributed by atoms with Crippen molar-refractivity contribution in [3.8, 4) is 11.5 Å². The summed E-state index contributed by atoms with van der Waals surface area (Å²) < 4.78 is 16.3. The summed E-state index contributed by atoms with van der Waals surface area (Å²) in [5, 5.41) is 0. The van der Waals surface area contributed by atoms with Gasteiger partial charge >= 0.3 is 5.97 Å². The fourth-order valence-corrected chi connectivity index (χ4v) is 3.77. The number of methoxy groups -OCH3 is 1. The minimum atomic E-state index is -0.883. The second kappa shape index (κ2) is 9.41. The highest BCUT2D eigenvalue weighted by Crippen LogP contribution is 2.43. The average Bonchev–Trinajstić information content (AvgIpc) is 2.74. The van der Waals surface area contributed by atoms with Crippen molar-refractivity contribution in [1.82, 2.24) is 0 Å². The number of allylic oxidation sites excluding steroid dienone is 2. The molecule has 0 amide bonds. The third-order valence-electron chi connectivity index (χ3n) is 5.06. The van der Waals surface area contributed by atoms with E-state index in [1.807, 2.05) is 55.5 Å². The van der Waals surface area contributed by atoms with Crippen LogP contribution in [0.3, 0.4) is 0 Å². The van der Waals surface area contributed by atoms with Gasteiger partial charge in [0.05, 0.1) is 20.3 Å². The van der Waals surface area contributed by atoms with Crippen molar-refractivity contribution in [3.05, 3.63) is 65.7 Å². The summed E-state index contributed by atoms with van der Waals surface area (Å²) in [6.45, 7) is 4.38. The third kappa shape index (κ3) is 4.50. The zero-order chi connectivity index (χ0) is 20.8. The van der Waals surface area contributed by atoms with Crippen molar-refractivity contribution >= 4 is 17.3 Å². The number of hydrogen-bond donors (Lipinski definition) is 0. The molecule has 152 valence electrons. The van der Waals surface area contributed by atoms with E-state index in [0.717, 1.165) is 22.4 Å². The average molecular weight is 394 g/mol. The Morgan fingerprint density at radius 2 is 1.86 bits per heavy atom. The summed E-state index contributed by atoms with van der Waals surface area (Å²) in [6, 6.07) is 15.2. The Hall–Kier alpha value is -3.08. The Kier molecular flexibility index (Phi) is 6.70. The van der Waals surface area contributed by atoms with Crippen LogP contribution in [0.5, 0.6) is 11.5 Å². The Bertz CT molecular complexity index is 915. The van der Waals surface area contributed by atoms with Crippen molar-refractivity contribution in [2.75, 3.05) is 20.3 Å². The normalized spacial score (nSPS) is 18.7. The van der Waals surface area contributed by atoms with Gasteiger partial charge in [-0.05, 0) is 61.2 Å². The molecule has 3 rings (SSSR count). The maximum atomic E-state index is 13.1. The molecule has 0 aliphatic heterocycles. The van der Waals surface area contributed by atoms with Gasteiger partial charge in [0.1, 0.15) is 17.4 Å². The fourth-order valence-electron chi connectivity index (χ4n) is 3.77. The lowest BCUT2D eigenvalue weighted by Gasteiger charge is -2.30. The second-order valence-corrected chi connectivity index (χ2v) is 6.82. The van der Waals surface area contributed by atoms with Crippen molar-refractivity contribution in [2.45, 2.75) is 26.2 Å². The monoisotopic (exact) mass is 394 g/mol. The van der Waals surface area contributed by atoms with Gasteiger partial charge in [-0.1, -0.05) is 30.3 Å². The Labute approximate surface area is 171 Å². The molecule has 2 atom stereocenters. The largest absolute Gasteiger partial charge is 0.497 e. The summed E-state index contributed by atoms with van der Waals surface area (Å²) >= 11 is 0. The lowest BCUT2D eigenvalue weighted by atomic mass is 9.73. The number of rotatable bonds is 7. The van der Waals surface area contributed by atoms with Crippen molar-refractivity contribution in [3.63, 3.8) is 0 Å². The summed E-state index contributed by atoms with van der Waals surface area (Å²) in [5.74, 6) is -0.580. The Morgan fingerprint density at radius 1 is 1.07 bits per heavy atom. The topological polar surface area (TPSA) is 61.8 Å². The molecule has 29 heavy (non-hydrogen) atoms. The molecule has 0 N–H and O–H groups in total. The highest BCUT2D eigenvalue weighted by Gasteiger charge is 2.40. The van der Waals surface area contributed by atoms with Gasteiger partial charge in [-0.25, -0.2) is 0 Å². The molecule has 0 radical (unpaired) electrons. The molecule has 0 saturated carbocycles. The van der Waals surface area contributed by atoms with Gasteiger partial charge in [0.25, 0.3) is 0 Å². The Balaban J connectivity index is 2.06. The zero-order valence-electron chi connectivity index (χ0n) is 17.0. The van der Waals surface area contributed by atoms with Crippen LogP contribution in [0.4, 0.5) is 0 Å². The van der Waals surface area contributed by atoms with E-state index in [9.17, 15) is 9.59 Å². The van der Waals surface area contributed by atoms with E-state index < -0.39 is 11.9 Å². The van der Waals surface area contributed by atoms with Crippen LogP contribution in [0.25, 0.3) is 5.57 Å². The number of hydrogen-bond acceptors (Lipinski definition) is 5. The summed E-state index contributed by atoms with van der Waals surface area (Å²) in [5.41, 5.74) is 2.61. The quantitative estimate of drug-likeness (QED) is 0.514. The van der Waals surface area contributed by atoms with Gasteiger partial charge in [0, 0.05) is 5.92 Å². The number of esters is 1. The molecule has 0 unspecified atom stereocenters. The van der Waals surface area contributed by atoms with Crippen LogP contribution in [0.15, 0.2) is 54.6 Å². The van der Waals surface area contributed by atoms with Gasteiger partial charge in [-0.15, -0.1) is 0 Å². The van der Waals surface area contributed by atoms with Crippen molar-refractivity contribution in [2.24, 2.45) is 5.92 Å². The van der Waals surface area contributed by atoms with E-state index in [0.29, 0.717) is 18.8 Å². The van der Waals surface area contributed by atoms with E-state index in [2.05, 4.69) is 0 Å². The molecule has 5 heteroatoms. The van der Waals surface area contributed by atoms with Crippen LogP contribution in [0, 0.1) is 5.92 Å². The first-order chi connectivity index (χ1) is 14.1. The first kappa shape index (κ1) is 20.6. The predicted molar refractivity (Wildman–Crippen MR) is 111 cm³/mol. The predicted octanol–water partition coefficient (Wildman–Crippen LogP) is 4.41. The standard InChI is InChI=1S/C24H26O5/c1-4-28-22-12-7-6-11-19(22)20-14-17(16-9-8-10-18(13-16)27-3)15-21(25)23(20)24(26)29-5-2/h6-13,15,20,23H,4-5,14H2,1-3H3/t20-,23-/m0/s1. The molecule has 2 aromatic carbocycles. The van der Waals surface area contributed by atoms with Crippen LogP contribution in [-0.2, 0) is 14.3 Å². The maximum absolute atomic E-state index is 13.1. The van der Waals surface area contributed by atoms with Crippen LogP contribution in [0.2, 0.25) is 0 Å². The molecule has 1 aliphatic rings. The number of carbonyl (C=O) groups is 2. The number of ether oxygens (including phenoxy) is 3. The molecular formula is C24H26O5.